The van der Waals surface area contributed by atoms with Crippen LogP contribution in [0.1, 0.15) is 26.7 Å². The van der Waals surface area contributed by atoms with Gasteiger partial charge in [0.2, 0.25) is 0 Å². The second-order valence-electron chi connectivity index (χ2n) is 13.7. The predicted molar refractivity (Wildman–Crippen MR) is 212 cm³/mol. The van der Waals surface area contributed by atoms with Gasteiger partial charge in [-0.05, 0) is 52.0 Å². The number of nitrogens with zero attached hydrogens (tertiary/aromatic N) is 2. The van der Waals surface area contributed by atoms with Crippen molar-refractivity contribution in [2.75, 3.05) is 0 Å². The molecule has 0 bridgehead atoms. The maximum atomic E-state index is 8.40. The molecule has 51 heavy (non-hydrogen) atoms. The Bertz CT molecular complexity index is 2430. The number of benzene rings is 5. The molecule has 8 aromatic rings. The Balaban J connectivity index is 0.000000230. The van der Waals surface area contributed by atoms with Gasteiger partial charge in [-0.2, -0.15) is 0 Å². The molecular formula is C46H40GeIrN2O-2. The molecule has 0 saturated carbocycles. The summed E-state index contributed by atoms with van der Waals surface area (Å²) in [4.78, 5) is 9.10. The summed E-state index contributed by atoms with van der Waals surface area (Å²) in [6.45, 7) is 3.76. The molecule has 3 heterocycles. The van der Waals surface area contributed by atoms with Crippen molar-refractivity contribution < 1.29 is 25.9 Å². The van der Waals surface area contributed by atoms with E-state index in [2.05, 4.69) is 118 Å². The van der Waals surface area contributed by atoms with Gasteiger partial charge >= 0.3 is 99.8 Å². The van der Waals surface area contributed by atoms with Crippen LogP contribution >= 0.6 is 0 Å². The van der Waals surface area contributed by atoms with E-state index in [0.717, 1.165) is 61.1 Å². The maximum Gasteiger partial charge on any atom is 0 e. The molecule has 0 fully saturated rings. The number of hydrogen-bond acceptors (Lipinski definition) is 3. The third-order valence-electron chi connectivity index (χ3n) is 8.94. The fraction of sp³-hybridized carbons (Fsp3) is 0.130. The molecule has 0 aliphatic rings. The molecule has 5 heteroatoms. The van der Waals surface area contributed by atoms with Crippen molar-refractivity contribution in [1.82, 2.24) is 9.97 Å². The van der Waals surface area contributed by atoms with Gasteiger partial charge in [0.1, 0.15) is 5.58 Å². The maximum absolute atomic E-state index is 8.40. The second kappa shape index (κ2) is 15.7. The van der Waals surface area contributed by atoms with Crippen LogP contribution in [0.4, 0.5) is 0 Å². The van der Waals surface area contributed by atoms with E-state index in [1.54, 1.807) is 6.20 Å². The number of fused-ring (bicyclic) bond motifs is 3. The molecule has 255 valence electrons. The zero-order chi connectivity index (χ0) is 35.6. The number of hydrogen-bond donors (Lipinski definition) is 0. The molecule has 0 saturated heterocycles. The van der Waals surface area contributed by atoms with Crippen LogP contribution in [0.5, 0.6) is 0 Å². The van der Waals surface area contributed by atoms with Gasteiger partial charge in [0, 0.05) is 33.1 Å². The summed E-state index contributed by atoms with van der Waals surface area (Å²) >= 11 is -1.72. The molecule has 3 aromatic heterocycles. The molecule has 0 aliphatic carbocycles. The van der Waals surface area contributed by atoms with Crippen molar-refractivity contribution in [3.8, 4) is 44.8 Å². The molecule has 0 spiro atoms. The molecule has 0 atom stereocenters. The van der Waals surface area contributed by atoms with Crippen molar-refractivity contribution in [3.05, 3.63) is 164 Å². The predicted octanol–water partition coefficient (Wildman–Crippen LogP) is 12.0. The van der Waals surface area contributed by atoms with Gasteiger partial charge in [0.15, 0.2) is 0 Å². The van der Waals surface area contributed by atoms with E-state index in [1.165, 1.54) is 15.5 Å². The van der Waals surface area contributed by atoms with Crippen molar-refractivity contribution in [2.45, 2.75) is 37.0 Å². The van der Waals surface area contributed by atoms with E-state index in [1.807, 2.05) is 74.6 Å². The minimum atomic E-state index is -1.72. The fourth-order valence-electron chi connectivity index (χ4n) is 6.05. The molecule has 3 nitrogen and oxygen atoms in total. The van der Waals surface area contributed by atoms with E-state index < -0.39 is 19.2 Å². The molecule has 1 radical (unpaired) electrons. The fourth-order valence-corrected chi connectivity index (χ4v) is 8.22. The average Bonchev–Trinajstić information content (AvgIpc) is 3.54. The number of furan rings is 1. The molecule has 0 amide bonds. The quantitative estimate of drug-likeness (QED) is 0.123. The largest absolute Gasteiger partial charge is 0 e. The number of aromatic nitrogens is 2. The first-order valence-corrected chi connectivity index (χ1v) is 24.3. The first-order chi connectivity index (χ1) is 24.5. The van der Waals surface area contributed by atoms with Gasteiger partial charge in [0.05, 0.1) is 5.58 Å². The van der Waals surface area contributed by atoms with Gasteiger partial charge in [-0.15, -0.1) is 18.2 Å². The monoisotopic (exact) mass is 904 g/mol. The van der Waals surface area contributed by atoms with Crippen molar-refractivity contribution in [1.29, 1.82) is 0 Å². The first kappa shape index (κ1) is 34.8. The number of pyridine rings is 2. The van der Waals surface area contributed by atoms with Crippen LogP contribution in [0.25, 0.3) is 66.7 Å². The van der Waals surface area contributed by atoms with Crippen LogP contribution in [0, 0.1) is 12.1 Å². The van der Waals surface area contributed by atoms with E-state index in [9.17, 15) is 0 Å². The second-order valence-corrected chi connectivity index (χ2v) is 24.4. The minimum absolute atomic E-state index is 0. The SMILES string of the molecule is [2H]C(C)(C)c1ccnc(-c2[c-]ccc3c2oc2cc(-c4cccc(-c5ccccc5)c4)ccc23)c1.[CH3][Ge]([CH3])([CH3])[c]1ccc(-c2[c-]cccc2)nc1.[Ir]. The van der Waals surface area contributed by atoms with Crippen LogP contribution in [-0.2, 0) is 20.1 Å². The third-order valence-corrected chi connectivity index (χ3v) is 13.2. The van der Waals surface area contributed by atoms with Crippen LogP contribution in [0.15, 0.2) is 150 Å². The third kappa shape index (κ3) is 8.15. The van der Waals surface area contributed by atoms with Crippen LogP contribution in [0.2, 0.25) is 17.3 Å². The molecule has 0 N–H and O–H groups in total. The molecular weight excluding hydrogens is 861 g/mol. The van der Waals surface area contributed by atoms with Crippen molar-refractivity contribution in [2.24, 2.45) is 0 Å². The summed E-state index contributed by atoms with van der Waals surface area (Å²) in [7, 11) is 0. The van der Waals surface area contributed by atoms with Crippen molar-refractivity contribution in [3.63, 3.8) is 0 Å². The molecule has 8 rings (SSSR count). The average molecular weight is 903 g/mol. The summed E-state index contributed by atoms with van der Waals surface area (Å²) in [5.41, 5.74) is 10.8. The zero-order valence-electron chi connectivity index (χ0n) is 30.5. The Labute approximate surface area is 318 Å². The Morgan fingerprint density at radius 2 is 1.39 bits per heavy atom. The van der Waals surface area contributed by atoms with Gasteiger partial charge < -0.3 is 9.40 Å². The van der Waals surface area contributed by atoms with Gasteiger partial charge in [-0.25, -0.2) is 0 Å². The first-order valence-electron chi connectivity index (χ1n) is 17.5. The number of rotatable bonds is 6. The summed E-state index contributed by atoms with van der Waals surface area (Å²) in [6, 6.07) is 52.0. The Morgan fingerprint density at radius 3 is 2.10 bits per heavy atom. The summed E-state index contributed by atoms with van der Waals surface area (Å²) in [5, 5.41) is 2.10. The molecule has 0 unspecified atom stereocenters. The van der Waals surface area contributed by atoms with Gasteiger partial charge in [0.25, 0.3) is 0 Å². The molecule has 0 aliphatic heterocycles. The topological polar surface area (TPSA) is 38.9 Å². The van der Waals surface area contributed by atoms with Crippen LogP contribution < -0.4 is 4.40 Å². The Hall–Kier alpha value is -4.61. The summed E-state index contributed by atoms with van der Waals surface area (Å²) < 4.78 is 16.3. The van der Waals surface area contributed by atoms with Crippen molar-refractivity contribution >= 4 is 39.6 Å². The van der Waals surface area contributed by atoms with Crippen LogP contribution in [0.3, 0.4) is 0 Å². The van der Waals surface area contributed by atoms with E-state index in [-0.39, 0.29) is 20.1 Å². The smallest absolute Gasteiger partial charge is 0 e. The van der Waals surface area contributed by atoms with Gasteiger partial charge in [-0.3, -0.25) is 0 Å². The normalized spacial score (nSPS) is 11.7. The van der Waals surface area contributed by atoms with E-state index in [0.29, 0.717) is 0 Å². The Kier molecular flexibility index (Phi) is 10.7. The zero-order valence-corrected chi connectivity index (χ0v) is 34.0. The van der Waals surface area contributed by atoms with Crippen LogP contribution in [-0.4, -0.2) is 23.2 Å². The summed E-state index contributed by atoms with van der Waals surface area (Å²) in [6.07, 6.45) is 3.80. The summed E-state index contributed by atoms with van der Waals surface area (Å²) in [5.74, 6) is 6.44. The standard InChI is InChI=1S/C32H24NO.C14H16GeN.Ir/c1-21(2)23-16-17-33-30(19-23)29-13-7-12-28-27-15-14-26(20-31(27)34-32(28)29)25-11-6-10-24(18-25)22-8-4-3-5-9-22;1-15(2,3)13-9-10-14(16-11-13)12-7-5-4-6-8-12;/h3-12,14-21H,1-2H3;4-7,9-11H,1-3H3;/q2*-1;/i21D;;. The van der Waals surface area contributed by atoms with E-state index in [4.69, 9.17) is 5.79 Å². The van der Waals surface area contributed by atoms with E-state index >= 15 is 0 Å². The molecule has 5 aromatic carbocycles. The Morgan fingerprint density at radius 1 is 0.647 bits per heavy atom. The van der Waals surface area contributed by atoms with Gasteiger partial charge in [-0.1, -0.05) is 97.1 Å². The minimum Gasteiger partial charge on any atom is 0 e.